The number of hydrogen-bond acceptors (Lipinski definition) is 0. The van der Waals surface area contributed by atoms with Gasteiger partial charge in [-0.25, -0.2) is 0 Å². The van der Waals surface area contributed by atoms with Crippen molar-refractivity contribution in [3.8, 4) is 0 Å². The average molecular weight is 306 g/mol. The summed E-state index contributed by atoms with van der Waals surface area (Å²) in [4.78, 5) is 0. The SMILES string of the molecule is C=C/C=C(C)/C=C\C1=C(C(C)c2cccc(C)c2)C=CC1.CC. The lowest BCUT2D eigenvalue weighted by Crippen LogP contribution is -1.97. The van der Waals surface area contributed by atoms with Gasteiger partial charge in [-0.2, -0.15) is 0 Å². The maximum atomic E-state index is 3.74. The van der Waals surface area contributed by atoms with E-state index < -0.39 is 0 Å². The van der Waals surface area contributed by atoms with Gasteiger partial charge in [0.1, 0.15) is 0 Å². The molecule has 0 radical (unpaired) electrons. The standard InChI is InChI=1S/C21H24.C2H6/c1-5-8-16(2)13-14-19-10-7-12-21(19)18(4)20-11-6-9-17(3)15-20;1-2/h5-9,11-15,18H,1,10H2,2-4H3;1-2H3/b14-13-,16-8+;. The number of allylic oxidation sites excluding steroid dienone is 9. The Labute approximate surface area is 142 Å². The van der Waals surface area contributed by atoms with E-state index in [0.29, 0.717) is 5.92 Å². The Balaban J connectivity index is 0.00000127. The van der Waals surface area contributed by atoms with Gasteiger partial charge in [-0.3, -0.25) is 0 Å². The van der Waals surface area contributed by atoms with Crippen molar-refractivity contribution >= 4 is 0 Å². The molecule has 1 unspecified atom stereocenters. The summed E-state index contributed by atoms with van der Waals surface area (Å²) in [6.45, 7) is 14.3. The Hall–Kier alpha value is -2.08. The summed E-state index contributed by atoms with van der Waals surface area (Å²) in [7, 11) is 0. The number of hydrogen-bond donors (Lipinski definition) is 0. The van der Waals surface area contributed by atoms with Crippen molar-refractivity contribution in [3.05, 3.63) is 95.1 Å². The second-order valence-corrected chi connectivity index (χ2v) is 5.70. The van der Waals surface area contributed by atoms with Crippen LogP contribution in [0.1, 0.15) is 51.2 Å². The molecule has 0 nitrogen and oxygen atoms in total. The smallest absolute Gasteiger partial charge is 0.00638 e. The zero-order valence-corrected chi connectivity index (χ0v) is 15.3. The molecule has 0 spiro atoms. The van der Waals surface area contributed by atoms with Crippen LogP contribution < -0.4 is 0 Å². The molecule has 1 atom stereocenters. The molecule has 0 amide bonds. The summed E-state index contributed by atoms with van der Waals surface area (Å²) in [6.07, 6.45) is 13.8. The predicted octanol–water partition coefficient (Wildman–Crippen LogP) is 7.07. The molecule has 0 aromatic heterocycles. The molecule has 0 heteroatoms. The highest BCUT2D eigenvalue weighted by Crippen LogP contribution is 2.33. The molecule has 23 heavy (non-hydrogen) atoms. The minimum absolute atomic E-state index is 0.437. The van der Waals surface area contributed by atoms with Crippen molar-refractivity contribution in [1.29, 1.82) is 0 Å². The summed E-state index contributed by atoms with van der Waals surface area (Å²) in [6, 6.07) is 8.81. The zero-order valence-electron chi connectivity index (χ0n) is 15.3. The fourth-order valence-corrected chi connectivity index (χ4v) is 2.72. The summed E-state index contributed by atoms with van der Waals surface area (Å²) in [5, 5.41) is 0. The molecular formula is C23H30. The summed E-state index contributed by atoms with van der Waals surface area (Å²) < 4.78 is 0. The van der Waals surface area contributed by atoms with Crippen LogP contribution in [0.2, 0.25) is 0 Å². The van der Waals surface area contributed by atoms with E-state index >= 15 is 0 Å². The third-order valence-corrected chi connectivity index (χ3v) is 3.94. The normalized spacial score (nSPS) is 15.6. The maximum absolute atomic E-state index is 3.74. The van der Waals surface area contributed by atoms with Crippen molar-refractivity contribution in [2.45, 2.75) is 47.0 Å². The third-order valence-electron chi connectivity index (χ3n) is 3.94. The van der Waals surface area contributed by atoms with Crippen molar-refractivity contribution in [2.75, 3.05) is 0 Å². The van der Waals surface area contributed by atoms with Gasteiger partial charge >= 0.3 is 0 Å². The van der Waals surface area contributed by atoms with E-state index in [1.807, 2.05) is 26.0 Å². The van der Waals surface area contributed by atoms with E-state index in [-0.39, 0.29) is 0 Å². The molecule has 0 heterocycles. The van der Waals surface area contributed by atoms with E-state index in [1.54, 1.807) is 0 Å². The van der Waals surface area contributed by atoms with Gasteiger partial charge in [-0.1, -0.05) is 99.2 Å². The molecule has 1 aliphatic carbocycles. The highest BCUT2D eigenvalue weighted by atomic mass is 14.2. The molecule has 0 bridgehead atoms. The van der Waals surface area contributed by atoms with Crippen LogP contribution >= 0.6 is 0 Å². The maximum Gasteiger partial charge on any atom is 0.00638 e. The Bertz CT molecular complexity index is 636. The molecule has 1 aromatic rings. The second-order valence-electron chi connectivity index (χ2n) is 5.70. The van der Waals surface area contributed by atoms with Crippen molar-refractivity contribution < 1.29 is 0 Å². The number of benzene rings is 1. The minimum atomic E-state index is 0.437. The Morgan fingerprint density at radius 3 is 2.65 bits per heavy atom. The second kappa shape index (κ2) is 9.84. The molecule has 0 fully saturated rings. The lowest BCUT2D eigenvalue weighted by molar-refractivity contribution is 0.912. The van der Waals surface area contributed by atoms with Crippen LogP contribution in [0.3, 0.4) is 0 Å². The number of rotatable bonds is 5. The average Bonchev–Trinajstić information content (AvgIpc) is 3.03. The molecule has 2 rings (SSSR count). The third kappa shape index (κ3) is 5.56. The van der Waals surface area contributed by atoms with E-state index in [1.165, 1.54) is 27.8 Å². The van der Waals surface area contributed by atoms with Gasteiger partial charge in [0, 0.05) is 5.92 Å². The molecule has 0 saturated carbocycles. The first-order chi connectivity index (χ1) is 11.1. The number of aryl methyl sites for hydroxylation is 1. The van der Waals surface area contributed by atoms with Crippen LogP contribution in [-0.4, -0.2) is 0 Å². The minimum Gasteiger partial charge on any atom is -0.0991 e. The van der Waals surface area contributed by atoms with Gasteiger partial charge in [0.25, 0.3) is 0 Å². The van der Waals surface area contributed by atoms with Gasteiger partial charge in [0.15, 0.2) is 0 Å². The van der Waals surface area contributed by atoms with E-state index in [4.69, 9.17) is 0 Å². The quantitative estimate of drug-likeness (QED) is 0.510. The monoisotopic (exact) mass is 306 g/mol. The zero-order chi connectivity index (χ0) is 17.2. The highest BCUT2D eigenvalue weighted by Gasteiger charge is 2.15. The summed E-state index contributed by atoms with van der Waals surface area (Å²) in [5.41, 5.74) is 6.79. The molecular weight excluding hydrogens is 276 g/mol. The van der Waals surface area contributed by atoms with Crippen LogP contribution in [0.5, 0.6) is 0 Å². The van der Waals surface area contributed by atoms with Crippen LogP contribution in [0, 0.1) is 6.92 Å². The Morgan fingerprint density at radius 2 is 2.00 bits per heavy atom. The van der Waals surface area contributed by atoms with Gasteiger partial charge in [-0.15, -0.1) is 0 Å². The molecule has 122 valence electrons. The van der Waals surface area contributed by atoms with Crippen molar-refractivity contribution in [3.63, 3.8) is 0 Å². The predicted molar refractivity (Wildman–Crippen MR) is 105 cm³/mol. The van der Waals surface area contributed by atoms with Crippen LogP contribution in [-0.2, 0) is 0 Å². The lowest BCUT2D eigenvalue weighted by atomic mass is 9.90. The molecule has 1 aliphatic rings. The fraction of sp³-hybridized carbons (Fsp3) is 0.304. The molecule has 0 aliphatic heterocycles. The topological polar surface area (TPSA) is 0 Å². The van der Waals surface area contributed by atoms with Gasteiger partial charge in [0.2, 0.25) is 0 Å². The Kier molecular flexibility index (Phi) is 8.11. The van der Waals surface area contributed by atoms with Crippen molar-refractivity contribution in [1.82, 2.24) is 0 Å². The highest BCUT2D eigenvalue weighted by molar-refractivity contribution is 5.47. The van der Waals surface area contributed by atoms with Crippen molar-refractivity contribution in [2.24, 2.45) is 0 Å². The van der Waals surface area contributed by atoms with Gasteiger partial charge in [-0.05, 0) is 37.0 Å². The molecule has 0 N–H and O–H groups in total. The lowest BCUT2D eigenvalue weighted by Gasteiger charge is -2.15. The summed E-state index contributed by atoms with van der Waals surface area (Å²) >= 11 is 0. The first-order valence-corrected chi connectivity index (χ1v) is 8.55. The van der Waals surface area contributed by atoms with E-state index in [0.717, 1.165) is 6.42 Å². The van der Waals surface area contributed by atoms with Gasteiger partial charge < -0.3 is 0 Å². The molecule has 1 aromatic carbocycles. The van der Waals surface area contributed by atoms with E-state index in [2.05, 4.69) is 75.9 Å². The fourth-order valence-electron chi connectivity index (χ4n) is 2.72. The van der Waals surface area contributed by atoms with E-state index in [9.17, 15) is 0 Å². The Morgan fingerprint density at radius 1 is 1.26 bits per heavy atom. The molecule has 0 saturated heterocycles. The van der Waals surface area contributed by atoms with Gasteiger partial charge in [0.05, 0.1) is 0 Å². The largest absolute Gasteiger partial charge is 0.0991 e. The van der Waals surface area contributed by atoms with Crippen LogP contribution in [0.15, 0.2) is 84.0 Å². The van der Waals surface area contributed by atoms with Crippen LogP contribution in [0.4, 0.5) is 0 Å². The first-order valence-electron chi connectivity index (χ1n) is 8.55. The first kappa shape index (κ1) is 19.0. The summed E-state index contributed by atoms with van der Waals surface area (Å²) in [5.74, 6) is 0.437. The van der Waals surface area contributed by atoms with Crippen LogP contribution in [0.25, 0.3) is 0 Å².